The van der Waals surface area contributed by atoms with Crippen LogP contribution in [0.2, 0.25) is 0 Å². The Labute approximate surface area is 114 Å². The van der Waals surface area contributed by atoms with E-state index in [2.05, 4.69) is 22.7 Å². The number of pyridine rings is 1. The number of amides is 1. The second kappa shape index (κ2) is 6.02. The van der Waals surface area contributed by atoms with Crippen molar-refractivity contribution >= 4 is 11.7 Å². The smallest absolute Gasteiger partial charge is 0.252 e. The lowest BCUT2D eigenvalue weighted by atomic mass is 9.76. The molecule has 104 valence electrons. The van der Waals surface area contributed by atoms with Crippen LogP contribution in [0.15, 0.2) is 18.3 Å². The highest BCUT2D eigenvalue weighted by molar-refractivity contribution is 5.94. The number of nitrogens with zero attached hydrogens (tertiary/aromatic N) is 1. The number of hydrogen-bond donors (Lipinski definition) is 3. The Morgan fingerprint density at radius 2 is 2.11 bits per heavy atom. The van der Waals surface area contributed by atoms with Crippen LogP contribution in [0.1, 0.15) is 49.4 Å². The third-order valence-electron chi connectivity index (χ3n) is 3.91. The highest BCUT2D eigenvalue weighted by Gasteiger charge is 2.27. The predicted octanol–water partition coefficient (Wildman–Crippen LogP) is 2.07. The highest BCUT2D eigenvalue weighted by atomic mass is 16.1. The SMILES string of the molecule is CC1(CNC(=O)c2ccc(NN)nc2)CCCCC1. The molecule has 0 spiro atoms. The average molecular weight is 262 g/mol. The standard InChI is InChI=1S/C14H22N4O/c1-14(7-3-2-4-8-14)10-17-13(19)11-5-6-12(18-15)16-9-11/h5-6,9H,2-4,7-8,10,15H2,1H3,(H,16,18)(H,17,19). The molecule has 2 rings (SSSR count). The van der Waals surface area contributed by atoms with Crippen molar-refractivity contribution in [2.24, 2.45) is 11.3 Å². The normalized spacial score (nSPS) is 17.8. The molecule has 0 saturated heterocycles. The van der Waals surface area contributed by atoms with Crippen LogP contribution in [0.25, 0.3) is 0 Å². The largest absolute Gasteiger partial charge is 0.351 e. The number of carbonyl (C=O) groups excluding carboxylic acids is 1. The number of anilines is 1. The van der Waals surface area contributed by atoms with Gasteiger partial charge in [0.25, 0.3) is 5.91 Å². The summed E-state index contributed by atoms with van der Waals surface area (Å²) in [6, 6.07) is 3.41. The molecule has 1 heterocycles. The van der Waals surface area contributed by atoms with Gasteiger partial charge >= 0.3 is 0 Å². The van der Waals surface area contributed by atoms with Gasteiger partial charge in [0.05, 0.1) is 5.56 Å². The Bertz CT molecular complexity index is 424. The van der Waals surface area contributed by atoms with Crippen molar-refractivity contribution < 1.29 is 4.79 Å². The predicted molar refractivity (Wildman–Crippen MR) is 75.6 cm³/mol. The summed E-state index contributed by atoms with van der Waals surface area (Å²) >= 11 is 0. The van der Waals surface area contributed by atoms with Gasteiger partial charge in [-0.1, -0.05) is 26.2 Å². The molecule has 0 unspecified atom stereocenters. The minimum Gasteiger partial charge on any atom is -0.351 e. The third kappa shape index (κ3) is 3.67. The summed E-state index contributed by atoms with van der Waals surface area (Å²) in [5.74, 6) is 5.72. The summed E-state index contributed by atoms with van der Waals surface area (Å²) < 4.78 is 0. The van der Waals surface area contributed by atoms with Crippen molar-refractivity contribution in [1.82, 2.24) is 10.3 Å². The Kier molecular flexibility index (Phi) is 4.37. The van der Waals surface area contributed by atoms with Crippen LogP contribution in [-0.2, 0) is 0 Å². The monoisotopic (exact) mass is 262 g/mol. The first-order valence-corrected chi connectivity index (χ1v) is 6.84. The van der Waals surface area contributed by atoms with Crippen molar-refractivity contribution in [3.05, 3.63) is 23.9 Å². The van der Waals surface area contributed by atoms with Crippen LogP contribution in [0.4, 0.5) is 5.82 Å². The molecule has 5 heteroatoms. The Morgan fingerprint density at radius 1 is 1.37 bits per heavy atom. The van der Waals surface area contributed by atoms with Gasteiger partial charge in [0.1, 0.15) is 5.82 Å². The molecule has 1 amide bonds. The number of rotatable bonds is 4. The zero-order valence-corrected chi connectivity index (χ0v) is 11.4. The minimum absolute atomic E-state index is 0.0668. The van der Waals surface area contributed by atoms with Crippen molar-refractivity contribution in [2.75, 3.05) is 12.0 Å². The zero-order valence-electron chi connectivity index (χ0n) is 11.4. The van der Waals surface area contributed by atoms with Gasteiger partial charge in [-0.2, -0.15) is 0 Å². The van der Waals surface area contributed by atoms with Gasteiger partial charge in [0, 0.05) is 12.7 Å². The molecule has 0 bridgehead atoms. The lowest BCUT2D eigenvalue weighted by molar-refractivity contribution is 0.0919. The number of nitrogens with two attached hydrogens (primary N) is 1. The maximum Gasteiger partial charge on any atom is 0.252 e. The van der Waals surface area contributed by atoms with Gasteiger partial charge in [-0.15, -0.1) is 0 Å². The van der Waals surface area contributed by atoms with Crippen molar-refractivity contribution in [3.8, 4) is 0 Å². The van der Waals surface area contributed by atoms with Crippen molar-refractivity contribution in [1.29, 1.82) is 0 Å². The lowest BCUT2D eigenvalue weighted by Gasteiger charge is -2.33. The average Bonchev–Trinajstić information content (AvgIpc) is 2.46. The van der Waals surface area contributed by atoms with E-state index in [4.69, 9.17) is 5.84 Å². The number of carbonyl (C=O) groups is 1. The van der Waals surface area contributed by atoms with Crippen LogP contribution in [0, 0.1) is 5.41 Å². The second-order valence-electron chi connectivity index (χ2n) is 5.63. The third-order valence-corrected chi connectivity index (χ3v) is 3.91. The molecule has 1 aromatic rings. The van der Waals surface area contributed by atoms with E-state index in [1.807, 2.05) is 0 Å². The maximum atomic E-state index is 12.0. The lowest BCUT2D eigenvalue weighted by Crippen LogP contribution is -2.37. The molecule has 1 fully saturated rings. The van der Waals surface area contributed by atoms with Crippen LogP contribution in [0.3, 0.4) is 0 Å². The van der Waals surface area contributed by atoms with E-state index in [-0.39, 0.29) is 11.3 Å². The maximum absolute atomic E-state index is 12.0. The summed E-state index contributed by atoms with van der Waals surface area (Å²) in [7, 11) is 0. The molecule has 0 radical (unpaired) electrons. The zero-order chi connectivity index (χ0) is 13.7. The summed E-state index contributed by atoms with van der Waals surface area (Å²) in [4.78, 5) is 16.1. The molecule has 1 aliphatic carbocycles. The number of nitrogens with one attached hydrogen (secondary N) is 2. The summed E-state index contributed by atoms with van der Waals surface area (Å²) in [6.07, 6.45) is 7.79. The molecule has 4 N–H and O–H groups in total. The van der Waals surface area contributed by atoms with Crippen LogP contribution in [-0.4, -0.2) is 17.4 Å². The first-order chi connectivity index (χ1) is 9.13. The first-order valence-electron chi connectivity index (χ1n) is 6.84. The Morgan fingerprint density at radius 3 is 2.68 bits per heavy atom. The van der Waals surface area contributed by atoms with Crippen molar-refractivity contribution in [3.63, 3.8) is 0 Å². The first kappa shape index (κ1) is 13.8. The van der Waals surface area contributed by atoms with Crippen molar-refractivity contribution in [2.45, 2.75) is 39.0 Å². The van der Waals surface area contributed by atoms with Crippen LogP contribution >= 0.6 is 0 Å². The topological polar surface area (TPSA) is 80.0 Å². The van der Waals surface area contributed by atoms with E-state index >= 15 is 0 Å². The van der Waals surface area contributed by atoms with Crippen LogP contribution < -0.4 is 16.6 Å². The Hall–Kier alpha value is -1.62. The molecular weight excluding hydrogens is 240 g/mol. The van der Waals surface area contributed by atoms with E-state index in [0.29, 0.717) is 11.4 Å². The minimum atomic E-state index is -0.0668. The quantitative estimate of drug-likeness (QED) is 0.573. The highest BCUT2D eigenvalue weighted by Crippen LogP contribution is 2.34. The van der Waals surface area contributed by atoms with Gasteiger partial charge in [-0.25, -0.2) is 10.8 Å². The van der Waals surface area contributed by atoms with E-state index in [9.17, 15) is 4.79 Å². The second-order valence-corrected chi connectivity index (χ2v) is 5.63. The van der Waals surface area contributed by atoms with Gasteiger partial charge in [0.15, 0.2) is 0 Å². The van der Waals surface area contributed by atoms with Crippen LogP contribution in [0.5, 0.6) is 0 Å². The molecule has 19 heavy (non-hydrogen) atoms. The van der Waals surface area contributed by atoms with E-state index in [1.54, 1.807) is 12.1 Å². The summed E-state index contributed by atoms with van der Waals surface area (Å²) in [5, 5.41) is 3.02. The molecule has 0 atom stereocenters. The molecule has 1 saturated carbocycles. The molecule has 1 aliphatic rings. The Balaban J connectivity index is 1.89. The molecule has 5 nitrogen and oxygen atoms in total. The fourth-order valence-electron chi connectivity index (χ4n) is 2.59. The van der Waals surface area contributed by atoms with Gasteiger partial charge in [-0.05, 0) is 30.4 Å². The van der Waals surface area contributed by atoms with E-state index < -0.39 is 0 Å². The van der Waals surface area contributed by atoms with E-state index in [0.717, 1.165) is 6.54 Å². The summed E-state index contributed by atoms with van der Waals surface area (Å²) in [6.45, 7) is 2.99. The number of hydrogen-bond acceptors (Lipinski definition) is 4. The molecule has 0 aliphatic heterocycles. The molecular formula is C14H22N4O. The fourth-order valence-corrected chi connectivity index (χ4v) is 2.59. The summed E-state index contributed by atoms with van der Waals surface area (Å²) in [5.41, 5.74) is 3.26. The molecule has 1 aromatic heterocycles. The van der Waals surface area contributed by atoms with E-state index in [1.165, 1.54) is 38.3 Å². The van der Waals surface area contributed by atoms with Gasteiger partial charge < -0.3 is 10.7 Å². The molecule has 0 aromatic carbocycles. The number of aromatic nitrogens is 1. The number of nitrogen functional groups attached to an aromatic ring is 1. The fraction of sp³-hybridized carbons (Fsp3) is 0.571. The van der Waals surface area contributed by atoms with Gasteiger partial charge in [-0.3, -0.25) is 4.79 Å². The van der Waals surface area contributed by atoms with Gasteiger partial charge in [0.2, 0.25) is 0 Å². The number of hydrazine groups is 1.